The standard InChI is InChI=1S/C12H14O2/c1-4-5-6-10-7-11(13-2)9-12(8-10)14-3/h4-9H,1H2,2-3H3. The van der Waals surface area contributed by atoms with Crippen molar-refractivity contribution in [3.05, 3.63) is 42.5 Å². The van der Waals surface area contributed by atoms with Crippen molar-refractivity contribution in [1.29, 1.82) is 0 Å². The molecule has 0 fully saturated rings. The number of methoxy groups -OCH3 is 2. The summed E-state index contributed by atoms with van der Waals surface area (Å²) in [5.41, 5.74) is 1.03. The zero-order valence-electron chi connectivity index (χ0n) is 8.49. The Labute approximate surface area is 84.5 Å². The average Bonchev–Trinajstić information content (AvgIpc) is 2.25. The maximum atomic E-state index is 5.14. The van der Waals surface area contributed by atoms with Crippen LogP contribution in [0.5, 0.6) is 11.5 Å². The number of hydrogen-bond donors (Lipinski definition) is 0. The van der Waals surface area contributed by atoms with E-state index >= 15 is 0 Å². The molecule has 0 aliphatic carbocycles. The fourth-order valence-corrected chi connectivity index (χ4v) is 1.10. The van der Waals surface area contributed by atoms with Crippen molar-refractivity contribution in [2.24, 2.45) is 0 Å². The second-order valence-electron chi connectivity index (χ2n) is 2.74. The lowest BCUT2D eigenvalue weighted by atomic mass is 10.2. The molecule has 0 amide bonds. The van der Waals surface area contributed by atoms with Crippen LogP contribution in [0.4, 0.5) is 0 Å². The quantitative estimate of drug-likeness (QED) is 0.680. The molecule has 2 heteroatoms. The van der Waals surface area contributed by atoms with Gasteiger partial charge < -0.3 is 9.47 Å². The van der Waals surface area contributed by atoms with Crippen LogP contribution < -0.4 is 9.47 Å². The molecule has 0 radical (unpaired) electrons. The first kappa shape index (κ1) is 10.4. The summed E-state index contributed by atoms with van der Waals surface area (Å²) in [6.45, 7) is 3.61. The molecule has 14 heavy (non-hydrogen) atoms. The van der Waals surface area contributed by atoms with Crippen LogP contribution in [0.15, 0.2) is 36.9 Å². The van der Waals surface area contributed by atoms with Crippen molar-refractivity contribution in [2.75, 3.05) is 14.2 Å². The van der Waals surface area contributed by atoms with E-state index in [9.17, 15) is 0 Å². The maximum Gasteiger partial charge on any atom is 0.123 e. The van der Waals surface area contributed by atoms with Gasteiger partial charge in [-0.05, 0) is 17.7 Å². The topological polar surface area (TPSA) is 18.5 Å². The van der Waals surface area contributed by atoms with E-state index in [0.717, 1.165) is 17.1 Å². The summed E-state index contributed by atoms with van der Waals surface area (Å²) in [5, 5.41) is 0. The molecule has 0 saturated carbocycles. The van der Waals surface area contributed by atoms with Crippen molar-refractivity contribution in [3.63, 3.8) is 0 Å². The largest absolute Gasteiger partial charge is 0.497 e. The van der Waals surface area contributed by atoms with Crippen LogP contribution in [0.2, 0.25) is 0 Å². The van der Waals surface area contributed by atoms with Gasteiger partial charge in [0, 0.05) is 6.07 Å². The highest BCUT2D eigenvalue weighted by Gasteiger charge is 1.98. The summed E-state index contributed by atoms with van der Waals surface area (Å²) < 4.78 is 10.3. The summed E-state index contributed by atoms with van der Waals surface area (Å²) in [7, 11) is 3.27. The maximum absolute atomic E-state index is 5.14. The fraction of sp³-hybridized carbons (Fsp3) is 0.167. The molecule has 0 aromatic heterocycles. The molecule has 0 aliphatic heterocycles. The molecular weight excluding hydrogens is 176 g/mol. The fourth-order valence-electron chi connectivity index (χ4n) is 1.10. The highest BCUT2D eigenvalue weighted by atomic mass is 16.5. The van der Waals surface area contributed by atoms with Gasteiger partial charge in [-0.15, -0.1) is 0 Å². The number of benzene rings is 1. The first-order chi connectivity index (χ1) is 6.80. The van der Waals surface area contributed by atoms with Gasteiger partial charge in [0.15, 0.2) is 0 Å². The van der Waals surface area contributed by atoms with E-state index in [2.05, 4.69) is 6.58 Å². The first-order valence-electron chi connectivity index (χ1n) is 4.32. The molecule has 1 rings (SSSR count). The lowest BCUT2D eigenvalue weighted by Crippen LogP contribution is -1.87. The molecule has 74 valence electrons. The molecule has 0 atom stereocenters. The highest BCUT2D eigenvalue weighted by molar-refractivity contribution is 5.56. The van der Waals surface area contributed by atoms with E-state index in [1.165, 1.54) is 0 Å². The first-order valence-corrected chi connectivity index (χ1v) is 4.32. The Morgan fingerprint density at radius 1 is 1.07 bits per heavy atom. The minimum atomic E-state index is 0.785. The van der Waals surface area contributed by atoms with Crippen LogP contribution in [-0.4, -0.2) is 14.2 Å². The summed E-state index contributed by atoms with van der Waals surface area (Å²) in [6.07, 6.45) is 5.54. The van der Waals surface area contributed by atoms with E-state index in [4.69, 9.17) is 9.47 Å². The predicted octanol–water partition coefficient (Wildman–Crippen LogP) is 2.90. The van der Waals surface area contributed by atoms with Gasteiger partial charge in [0.1, 0.15) is 11.5 Å². The molecule has 0 heterocycles. The SMILES string of the molecule is C=CC=Cc1cc(OC)cc(OC)c1. The number of ether oxygens (including phenoxy) is 2. The Hall–Kier alpha value is -1.70. The Balaban J connectivity index is 3.03. The van der Waals surface area contributed by atoms with Gasteiger partial charge in [0.2, 0.25) is 0 Å². The van der Waals surface area contributed by atoms with Crippen LogP contribution in [-0.2, 0) is 0 Å². The van der Waals surface area contributed by atoms with Gasteiger partial charge in [-0.25, -0.2) is 0 Å². The summed E-state index contributed by atoms with van der Waals surface area (Å²) in [6, 6.07) is 5.70. The lowest BCUT2D eigenvalue weighted by Gasteiger charge is -2.05. The molecule has 2 nitrogen and oxygen atoms in total. The summed E-state index contributed by atoms with van der Waals surface area (Å²) in [5.74, 6) is 1.57. The van der Waals surface area contributed by atoms with Gasteiger partial charge in [-0.2, -0.15) is 0 Å². The van der Waals surface area contributed by atoms with Crippen molar-refractivity contribution >= 4 is 6.08 Å². The van der Waals surface area contributed by atoms with Gasteiger partial charge in [-0.1, -0.05) is 24.8 Å². The summed E-state index contributed by atoms with van der Waals surface area (Å²) in [4.78, 5) is 0. The highest BCUT2D eigenvalue weighted by Crippen LogP contribution is 2.23. The van der Waals surface area contributed by atoms with E-state index in [-0.39, 0.29) is 0 Å². The van der Waals surface area contributed by atoms with E-state index < -0.39 is 0 Å². The average molecular weight is 190 g/mol. The Bertz CT molecular complexity index is 318. The minimum absolute atomic E-state index is 0.785. The molecular formula is C12H14O2. The van der Waals surface area contributed by atoms with E-state index in [0.29, 0.717) is 0 Å². The Morgan fingerprint density at radius 2 is 1.64 bits per heavy atom. The second-order valence-corrected chi connectivity index (χ2v) is 2.74. The van der Waals surface area contributed by atoms with Gasteiger partial charge in [0.05, 0.1) is 14.2 Å². The van der Waals surface area contributed by atoms with Crippen LogP contribution in [0, 0.1) is 0 Å². The molecule has 0 spiro atoms. The van der Waals surface area contributed by atoms with Crippen LogP contribution in [0.25, 0.3) is 6.08 Å². The smallest absolute Gasteiger partial charge is 0.123 e. The Kier molecular flexibility index (Phi) is 3.80. The molecule has 0 unspecified atom stereocenters. The number of hydrogen-bond acceptors (Lipinski definition) is 2. The molecule has 0 N–H and O–H groups in total. The molecule has 0 saturated heterocycles. The van der Waals surface area contributed by atoms with Crippen molar-refractivity contribution in [1.82, 2.24) is 0 Å². The number of rotatable bonds is 4. The monoisotopic (exact) mass is 190 g/mol. The normalized spacial score (nSPS) is 10.1. The van der Waals surface area contributed by atoms with Gasteiger partial charge in [0.25, 0.3) is 0 Å². The molecule has 1 aromatic rings. The van der Waals surface area contributed by atoms with Crippen molar-refractivity contribution in [2.45, 2.75) is 0 Å². The third-order valence-corrected chi connectivity index (χ3v) is 1.80. The number of allylic oxidation sites excluding steroid dienone is 2. The second kappa shape index (κ2) is 5.12. The Morgan fingerprint density at radius 3 is 2.07 bits per heavy atom. The zero-order chi connectivity index (χ0) is 10.4. The zero-order valence-corrected chi connectivity index (χ0v) is 8.49. The third kappa shape index (κ3) is 2.66. The van der Waals surface area contributed by atoms with Crippen molar-refractivity contribution < 1.29 is 9.47 Å². The third-order valence-electron chi connectivity index (χ3n) is 1.80. The van der Waals surface area contributed by atoms with Crippen LogP contribution >= 0.6 is 0 Å². The van der Waals surface area contributed by atoms with E-state index in [1.54, 1.807) is 20.3 Å². The van der Waals surface area contributed by atoms with Crippen molar-refractivity contribution in [3.8, 4) is 11.5 Å². The predicted molar refractivity (Wildman–Crippen MR) is 58.8 cm³/mol. The minimum Gasteiger partial charge on any atom is -0.497 e. The van der Waals surface area contributed by atoms with E-state index in [1.807, 2.05) is 30.4 Å². The lowest BCUT2D eigenvalue weighted by molar-refractivity contribution is 0.394. The molecule has 0 bridgehead atoms. The van der Waals surface area contributed by atoms with Gasteiger partial charge in [-0.3, -0.25) is 0 Å². The van der Waals surface area contributed by atoms with Gasteiger partial charge >= 0.3 is 0 Å². The molecule has 0 aliphatic rings. The molecule has 1 aromatic carbocycles. The van der Waals surface area contributed by atoms with Crippen LogP contribution in [0.1, 0.15) is 5.56 Å². The van der Waals surface area contributed by atoms with Crippen LogP contribution in [0.3, 0.4) is 0 Å². The summed E-state index contributed by atoms with van der Waals surface area (Å²) >= 11 is 0.